The summed E-state index contributed by atoms with van der Waals surface area (Å²) in [5, 5.41) is 7.17. The maximum Gasteiger partial charge on any atom is 0.0594 e. The van der Waals surface area contributed by atoms with Crippen LogP contribution in [0.2, 0.25) is 0 Å². The number of morpholine rings is 1. The van der Waals surface area contributed by atoms with Crippen LogP contribution in [0.5, 0.6) is 0 Å². The van der Waals surface area contributed by atoms with Crippen molar-refractivity contribution in [2.75, 3.05) is 59.0 Å². The Hall–Kier alpha value is -1.72. The molecule has 0 radical (unpaired) electrons. The molecule has 0 saturated carbocycles. The zero-order valence-electron chi connectivity index (χ0n) is 15.6. The van der Waals surface area contributed by atoms with Gasteiger partial charge in [0.15, 0.2) is 0 Å². The molecular formula is C22H31N3O. The number of ether oxygens (including phenoxy) is 1. The third-order valence-corrected chi connectivity index (χ3v) is 4.94. The Balaban J connectivity index is 1.38. The van der Waals surface area contributed by atoms with Crippen molar-refractivity contribution in [3.8, 4) is 0 Å². The molecule has 0 unspecified atom stereocenters. The monoisotopic (exact) mass is 353 g/mol. The van der Waals surface area contributed by atoms with E-state index in [0.717, 1.165) is 59.0 Å². The Bertz CT molecular complexity index is 560. The lowest BCUT2D eigenvalue weighted by Gasteiger charge is -2.26. The van der Waals surface area contributed by atoms with Crippen LogP contribution in [0.1, 0.15) is 17.0 Å². The summed E-state index contributed by atoms with van der Waals surface area (Å²) in [5.74, 6) is 0.394. The van der Waals surface area contributed by atoms with E-state index in [2.05, 4.69) is 76.2 Å². The standard InChI is InChI=1S/C22H31N3O/c1-3-7-20(8-4-1)22(21-9-5-2-6-10-21)19-24-12-11-23-13-14-25-15-17-26-18-16-25/h1-10,22-24H,11-19H2. The summed E-state index contributed by atoms with van der Waals surface area (Å²) in [6.07, 6.45) is 0. The lowest BCUT2D eigenvalue weighted by molar-refractivity contribution is 0.0385. The van der Waals surface area contributed by atoms with E-state index in [1.165, 1.54) is 11.1 Å². The van der Waals surface area contributed by atoms with E-state index in [1.54, 1.807) is 0 Å². The summed E-state index contributed by atoms with van der Waals surface area (Å²) in [4.78, 5) is 2.46. The smallest absolute Gasteiger partial charge is 0.0594 e. The fourth-order valence-electron chi connectivity index (χ4n) is 3.41. The van der Waals surface area contributed by atoms with E-state index in [4.69, 9.17) is 4.74 Å². The summed E-state index contributed by atoms with van der Waals surface area (Å²) in [6.45, 7) is 8.98. The molecule has 0 aromatic heterocycles. The quantitative estimate of drug-likeness (QED) is 0.643. The highest BCUT2D eigenvalue weighted by Crippen LogP contribution is 2.23. The zero-order valence-corrected chi connectivity index (χ0v) is 15.6. The minimum atomic E-state index is 0.394. The Kier molecular flexibility index (Phi) is 8.13. The number of hydrogen-bond donors (Lipinski definition) is 2. The second kappa shape index (κ2) is 11.1. The Morgan fingerprint density at radius 1 is 0.769 bits per heavy atom. The predicted octanol–water partition coefficient (Wildman–Crippen LogP) is 2.33. The number of nitrogens with one attached hydrogen (secondary N) is 2. The van der Waals surface area contributed by atoms with Gasteiger partial charge in [0.25, 0.3) is 0 Å². The zero-order chi connectivity index (χ0) is 17.9. The minimum absolute atomic E-state index is 0.394. The minimum Gasteiger partial charge on any atom is -0.379 e. The molecule has 0 atom stereocenters. The van der Waals surface area contributed by atoms with Crippen molar-refractivity contribution < 1.29 is 4.74 Å². The molecule has 2 N–H and O–H groups in total. The maximum atomic E-state index is 5.38. The van der Waals surface area contributed by atoms with Crippen LogP contribution in [0.15, 0.2) is 60.7 Å². The number of nitrogens with zero attached hydrogens (tertiary/aromatic N) is 1. The van der Waals surface area contributed by atoms with Crippen molar-refractivity contribution in [3.63, 3.8) is 0 Å². The molecule has 4 heteroatoms. The van der Waals surface area contributed by atoms with Crippen LogP contribution in [-0.4, -0.2) is 63.9 Å². The highest BCUT2D eigenvalue weighted by Gasteiger charge is 2.13. The van der Waals surface area contributed by atoms with Crippen LogP contribution in [0, 0.1) is 0 Å². The molecule has 0 aliphatic carbocycles. The lowest BCUT2D eigenvalue weighted by Crippen LogP contribution is -2.41. The highest BCUT2D eigenvalue weighted by molar-refractivity contribution is 5.32. The van der Waals surface area contributed by atoms with Crippen molar-refractivity contribution in [3.05, 3.63) is 71.8 Å². The third kappa shape index (κ3) is 6.22. The fraction of sp³-hybridized carbons (Fsp3) is 0.455. The topological polar surface area (TPSA) is 36.5 Å². The van der Waals surface area contributed by atoms with Crippen LogP contribution in [-0.2, 0) is 4.74 Å². The van der Waals surface area contributed by atoms with Crippen LogP contribution >= 0.6 is 0 Å². The molecule has 140 valence electrons. The second-order valence-electron chi connectivity index (χ2n) is 6.78. The van der Waals surface area contributed by atoms with Gasteiger partial charge < -0.3 is 15.4 Å². The molecule has 0 amide bonds. The molecule has 26 heavy (non-hydrogen) atoms. The van der Waals surface area contributed by atoms with Crippen LogP contribution < -0.4 is 10.6 Å². The molecule has 1 heterocycles. The van der Waals surface area contributed by atoms with Gasteiger partial charge >= 0.3 is 0 Å². The first kappa shape index (κ1) is 19.1. The summed E-state index contributed by atoms with van der Waals surface area (Å²) < 4.78 is 5.38. The SMILES string of the molecule is c1ccc(C(CNCCNCCN2CCOCC2)c2ccccc2)cc1. The van der Waals surface area contributed by atoms with E-state index in [0.29, 0.717) is 5.92 Å². The summed E-state index contributed by atoms with van der Waals surface area (Å²) in [7, 11) is 0. The van der Waals surface area contributed by atoms with Gasteiger partial charge in [-0.25, -0.2) is 0 Å². The summed E-state index contributed by atoms with van der Waals surface area (Å²) in [6, 6.07) is 21.5. The first-order valence-electron chi connectivity index (χ1n) is 9.75. The van der Waals surface area contributed by atoms with E-state index in [9.17, 15) is 0 Å². The first-order chi connectivity index (χ1) is 12.9. The van der Waals surface area contributed by atoms with Crippen molar-refractivity contribution in [2.24, 2.45) is 0 Å². The van der Waals surface area contributed by atoms with Crippen molar-refractivity contribution in [1.82, 2.24) is 15.5 Å². The van der Waals surface area contributed by atoms with Crippen molar-refractivity contribution in [1.29, 1.82) is 0 Å². The normalized spacial score (nSPS) is 15.4. The van der Waals surface area contributed by atoms with Crippen LogP contribution in [0.25, 0.3) is 0 Å². The number of rotatable bonds is 10. The largest absolute Gasteiger partial charge is 0.379 e. The molecule has 3 rings (SSSR count). The van der Waals surface area contributed by atoms with Gasteiger partial charge in [-0.05, 0) is 11.1 Å². The number of benzene rings is 2. The fourth-order valence-corrected chi connectivity index (χ4v) is 3.41. The Morgan fingerprint density at radius 2 is 1.35 bits per heavy atom. The molecular weight excluding hydrogens is 322 g/mol. The third-order valence-electron chi connectivity index (χ3n) is 4.94. The molecule has 1 aliphatic rings. The molecule has 1 fully saturated rings. The van der Waals surface area contributed by atoms with Crippen molar-refractivity contribution in [2.45, 2.75) is 5.92 Å². The molecule has 1 saturated heterocycles. The predicted molar refractivity (Wildman–Crippen MR) is 108 cm³/mol. The summed E-state index contributed by atoms with van der Waals surface area (Å²) in [5.41, 5.74) is 2.73. The molecule has 4 nitrogen and oxygen atoms in total. The van der Waals surface area contributed by atoms with E-state index in [1.807, 2.05) is 0 Å². The van der Waals surface area contributed by atoms with Crippen molar-refractivity contribution >= 4 is 0 Å². The van der Waals surface area contributed by atoms with Gasteiger partial charge in [-0.2, -0.15) is 0 Å². The van der Waals surface area contributed by atoms with E-state index in [-0.39, 0.29) is 0 Å². The van der Waals surface area contributed by atoms with E-state index >= 15 is 0 Å². The molecule has 1 aliphatic heterocycles. The van der Waals surface area contributed by atoms with Gasteiger partial charge in [0.2, 0.25) is 0 Å². The molecule has 0 bridgehead atoms. The molecule has 0 spiro atoms. The lowest BCUT2D eigenvalue weighted by atomic mass is 9.91. The number of hydrogen-bond acceptors (Lipinski definition) is 4. The Labute approximate surface area is 157 Å². The van der Waals surface area contributed by atoms with Gasteiger partial charge in [0, 0.05) is 51.7 Å². The highest BCUT2D eigenvalue weighted by atomic mass is 16.5. The Morgan fingerprint density at radius 3 is 1.96 bits per heavy atom. The second-order valence-corrected chi connectivity index (χ2v) is 6.78. The molecule has 2 aromatic rings. The van der Waals surface area contributed by atoms with Gasteiger partial charge in [0.05, 0.1) is 13.2 Å². The van der Waals surface area contributed by atoms with Crippen LogP contribution in [0.3, 0.4) is 0 Å². The van der Waals surface area contributed by atoms with Crippen LogP contribution in [0.4, 0.5) is 0 Å². The van der Waals surface area contributed by atoms with E-state index < -0.39 is 0 Å². The maximum absolute atomic E-state index is 5.38. The summed E-state index contributed by atoms with van der Waals surface area (Å²) >= 11 is 0. The molecule has 2 aromatic carbocycles. The van der Waals surface area contributed by atoms with Gasteiger partial charge in [-0.1, -0.05) is 60.7 Å². The van der Waals surface area contributed by atoms with Gasteiger partial charge in [-0.15, -0.1) is 0 Å². The average molecular weight is 354 g/mol. The first-order valence-corrected chi connectivity index (χ1v) is 9.75. The van der Waals surface area contributed by atoms with Gasteiger partial charge in [-0.3, -0.25) is 4.90 Å². The average Bonchev–Trinajstić information content (AvgIpc) is 2.72. The van der Waals surface area contributed by atoms with Gasteiger partial charge in [0.1, 0.15) is 0 Å².